The van der Waals surface area contributed by atoms with E-state index >= 15 is 0 Å². The van der Waals surface area contributed by atoms with Crippen LogP contribution in [0.3, 0.4) is 0 Å². The Morgan fingerprint density at radius 2 is 1.95 bits per heavy atom. The van der Waals surface area contributed by atoms with Crippen molar-refractivity contribution in [3.8, 4) is 0 Å². The zero-order valence-corrected chi connectivity index (χ0v) is 11.9. The summed E-state index contributed by atoms with van der Waals surface area (Å²) in [4.78, 5) is 15.7. The van der Waals surface area contributed by atoms with E-state index in [-0.39, 0.29) is 22.8 Å². The molecule has 6 heteroatoms. The maximum absolute atomic E-state index is 13.7. The van der Waals surface area contributed by atoms with Gasteiger partial charge >= 0.3 is 0 Å². The van der Waals surface area contributed by atoms with E-state index < -0.39 is 5.95 Å². The highest BCUT2D eigenvalue weighted by atomic mass is 32.1. The first-order chi connectivity index (χ1) is 9.45. The van der Waals surface area contributed by atoms with Crippen molar-refractivity contribution >= 4 is 17.2 Å². The predicted molar refractivity (Wildman–Crippen MR) is 73.9 cm³/mol. The monoisotopic (exact) mass is 296 g/mol. The maximum atomic E-state index is 13.7. The van der Waals surface area contributed by atoms with Crippen LogP contribution in [-0.4, -0.2) is 16.9 Å². The number of aromatic nitrogens is 1. The molecule has 1 N–H and O–H groups in total. The molecule has 2 rings (SSSR count). The van der Waals surface area contributed by atoms with Gasteiger partial charge in [0.2, 0.25) is 5.95 Å². The molecule has 0 saturated carbocycles. The second-order valence-corrected chi connectivity index (χ2v) is 5.75. The molecule has 1 aromatic heterocycles. The molecule has 20 heavy (non-hydrogen) atoms. The molecule has 0 aliphatic rings. The maximum Gasteiger partial charge on any atom is 0.280 e. The van der Waals surface area contributed by atoms with Crippen LogP contribution >= 0.6 is 11.3 Å². The Balaban J connectivity index is 2.15. The predicted octanol–water partition coefficient (Wildman–Crippen LogP) is 3.15. The lowest BCUT2D eigenvalue weighted by Crippen LogP contribution is -2.29. The smallest absolute Gasteiger partial charge is 0.280 e. The molecule has 106 valence electrons. The fourth-order valence-electron chi connectivity index (χ4n) is 1.65. The van der Waals surface area contributed by atoms with Crippen molar-refractivity contribution in [2.75, 3.05) is 0 Å². The molecule has 0 bridgehead atoms. The molecule has 1 heterocycles. The molecule has 1 amide bonds. The largest absolute Gasteiger partial charge is 0.348 e. The fourth-order valence-corrected chi connectivity index (χ4v) is 2.53. The minimum atomic E-state index is -0.645. The lowest BCUT2D eigenvalue weighted by atomic mass is 10.1. The minimum Gasteiger partial charge on any atom is -0.348 e. The molecule has 0 fully saturated rings. The van der Waals surface area contributed by atoms with E-state index in [9.17, 15) is 13.6 Å². The van der Waals surface area contributed by atoms with Crippen molar-refractivity contribution < 1.29 is 13.6 Å². The number of halogens is 2. The SMILES string of the molecule is CC(C)NC(=O)c1nc(F)c(Cc2ccc(F)cc2)s1. The second-order valence-electron chi connectivity index (χ2n) is 4.66. The summed E-state index contributed by atoms with van der Waals surface area (Å²) in [5.41, 5.74) is 0.768. The Bertz CT molecular complexity index is 608. The Labute approximate surface area is 119 Å². The summed E-state index contributed by atoms with van der Waals surface area (Å²) in [5.74, 6) is -1.36. The van der Waals surface area contributed by atoms with Gasteiger partial charge in [-0.3, -0.25) is 4.79 Å². The lowest BCUT2D eigenvalue weighted by molar-refractivity contribution is 0.0942. The average Bonchev–Trinajstić information content (AvgIpc) is 2.73. The summed E-state index contributed by atoms with van der Waals surface area (Å²) in [7, 11) is 0. The highest BCUT2D eigenvalue weighted by Gasteiger charge is 2.17. The van der Waals surface area contributed by atoms with Gasteiger partial charge in [-0.2, -0.15) is 4.39 Å². The normalized spacial score (nSPS) is 10.8. The molecular formula is C14H14F2N2OS. The number of carbonyl (C=O) groups is 1. The van der Waals surface area contributed by atoms with Crippen LogP contribution in [0, 0.1) is 11.8 Å². The molecule has 0 atom stereocenters. The first kappa shape index (κ1) is 14.6. The summed E-state index contributed by atoms with van der Waals surface area (Å²) >= 11 is 1.02. The van der Waals surface area contributed by atoms with Gasteiger partial charge in [0, 0.05) is 12.5 Å². The zero-order valence-electron chi connectivity index (χ0n) is 11.1. The van der Waals surface area contributed by atoms with Crippen LogP contribution in [-0.2, 0) is 6.42 Å². The van der Waals surface area contributed by atoms with Crippen molar-refractivity contribution in [1.82, 2.24) is 10.3 Å². The van der Waals surface area contributed by atoms with Crippen molar-refractivity contribution in [2.45, 2.75) is 26.3 Å². The van der Waals surface area contributed by atoms with Crippen molar-refractivity contribution in [3.05, 3.63) is 51.5 Å². The van der Waals surface area contributed by atoms with Gasteiger partial charge < -0.3 is 5.32 Å². The highest BCUT2D eigenvalue weighted by Crippen LogP contribution is 2.21. The van der Waals surface area contributed by atoms with E-state index in [0.717, 1.165) is 16.9 Å². The summed E-state index contributed by atoms with van der Waals surface area (Å²) in [5, 5.41) is 2.77. The molecule has 2 aromatic rings. The molecule has 0 unspecified atom stereocenters. The first-order valence-corrected chi connectivity index (χ1v) is 6.98. The molecule has 0 saturated heterocycles. The van der Waals surface area contributed by atoms with Gasteiger partial charge in [0.25, 0.3) is 5.91 Å². The number of amides is 1. The van der Waals surface area contributed by atoms with E-state index in [2.05, 4.69) is 10.3 Å². The number of thiazole rings is 1. The van der Waals surface area contributed by atoms with Crippen LogP contribution in [0.4, 0.5) is 8.78 Å². The third-order valence-electron chi connectivity index (χ3n) is 2.54. The van der Waals surface area contributed by atoms with Crippen LogP contribution < -0.4 is 5.32 Å². The van der Waals surface area contributed by atoms with Crippen LogP contribution in [0.15, 0.2) is 24.3 Å². The molecular weight excluding hydrogens is 282 g/mol. The van der Waals surface area contributed by atoms with Gasteiger partial charge in [0.15, 0.2) is 5.01 Å². The Morgan fingerprint density at radius 3 is 2.55 bits per heavy atom. The number of nitrogens with zero attached hydrogens (tertiary/aromatic N) is 1. The number of rotatable bonds is 4. The molecule has 0 aliphatic heterocycles. The number of carbonyl (C=O) groups excluding carboxylic acids is 1. The first-order valence-electron chi connectivity index (χ1n) is 6.16. The molecule has 0 spiro atoms. The highest BCUT2D eigenvalue weighted by molar-refractivity contribution is 7.13. The standard InChI is InChI=1S/C14H14F2N2OS/c1-8(2)17-13(19)14-18-12(16)11(20-14)7-9-3-5-10(15)6-4-9/h3-6,8H,7H2,1-2H3,(H,17,19). The fraction of sp³-hybridized carbons (Fsp3) is 0.286. The lowest BCUT2D eigenvalue weighted by Gasteiger charge is -2.04. The van der Waals surface area contributed by atoms with Crippen LogP contribution in [0.2, 0.25) is 0 Å². The number of hydrogen-bond acceptors (Lipinski definition) is 3. The van der Waals surface area contributed by atoms with Crippen LogP contribution in [0.5, 0.6) is 0 Å². The number of hydrogen-bond donors (Lipinski definition) is 1. The summed E-state index contributed by atoms with van der Waals surface area (Å²) in [6, 6.07) is 5.78. The summed E-state index contributed by atoms with van der Waals surface area (Å²) in [6.45, 7) is 3.64. The van der Waals surface area contributed by atoms with Gasteiger partial charge in [-0.25, -0.2) is 9.37 Å². The van der Waals surface area contributed by atoms with Gasteiger partial charge in [-0.1, -0.05) is 12.1 Å². The van der Waals surface area contributed by atoms with E-state index in [1.54, 1.807) is 12.1 Å². The van der Waals surface area contributed by atoms with E-state index in [0.29, 0.717) is 11.3 Å². The van der Waals surface area contributed by atoms with Crippen molar-refractivity contribution in [2.24, 2.45) is 0 Å². The zero-order chi connectivity index (χ0) is 14.7. The Kier molecular flexibility index (Phi) is 4.44. The Hall–Kier alpha value is -1.82. The van der Waals surface area contributed by atoms with E-state index in [1.807, 2.05) is 13.8 Å². The third kappa shape index (κ3) is 3.60. The van der Waals surface area contributed by atoms with Crippen molar-refractivity contribution in [1.29, 1.82) is 0 Å². The van der Waals surface area contributed by atoms with Gasteiger partial charge in [0.1, 0.15) is 5.82 Å². The topological polar surface area (TPSA) is 42.0 Å². The summed E-state index contributed by atoms with van der Waals surface area (Å²) < 4.78 is 26.5. The van der Waals surface area contributed by atoms with Gasteiger partial charge in [-0.15, -0.1) is 11.3 Å². The molecule has 1 aromatic carbocycles. The molecule has 0 radical (unpaired) electrons. The molecule has 0 aliphatic carbocycles. The average molecular weight is 296 g/mol. The Morgan fingerprint density at radius 1 is 1.30 bits per heavy atom. The van der Waals surface area contributed by atoms with Gasteiger partial charge in [-0.05, 0) is 31.5 Å². The summed E-state index contributed by atoms with van der Waals surface area (Å²) in [6.07, 6.45) is 0.290. The van der Waals surface area contributed by atoms with E-state index in [1.165, 1.54) is 12.1 Å². The van der Waals surface area contributed by atoms with Crippen LogP contribution in [0.25, 0.3) is 0 Å². The number of nitrogens with one attached hydrogen (secondary N) is 1. The minimum absolute atomic E-state index is 0.0324. The number of benzene rings is 1. The second kappa shape index (κ2) is 6.09. The molecule has 3 nitrogen and oxygen atoms in total. The quantitative estimate of drug-likeness (QED) is 0.941. The van der Waals surface area contributed by atoms with Gasteiger partial charge in [0.05, 0.1) is 4.88 Å². The van der Waals surface area contributed by atoms with E-state index in [4.69, 9.17) is 0 Å². The van der Waals surface area contributed by atoms with Crippen LogP contribution in [0.1, 0.15) is 34.1 Å². The third-order valence-corrected chi connectivity index (χ3v) is 3.57. The van der Waals surface area contributed by atoms with Crippen molar-refractivity contribution in [3.63, 3.8) is 0 Å².